The molecular formula is C9H10F2N2O2. The average Bonchev–Trinajstić information content (AvgIpc) is 2.69. The van der Waals surface area contributed by atoms with Crippen LogP contribution in [-0.4, -0.2) is 22.8 Å². The second-order valence-corrected chi connectivity index (χ2v) is 3.35. The van der Waals surface area contributed by atoms with Gasteiger partial charge in [-0.1, -0.05) is 0 Å². The lowest BCUT2D eigenvalue weighted by atomic mass is 10.1. The highest BCUT2D eigenvalue weighted by Crippen LogP contribution is 2.42. The number of carbonyl (C=O) groups is 1. The van der Waals surface area contributed by atoms with Crippen LogP contribution in [0.1, 0.15) is 35.1 Å². The fraction of sp³-hybridized carbons (Fsp3) is 0.556. The first-order chi connectivity index (χ1) is 7.06. The molecule has 0 bridgehead atoms. The number of esters is 1. The zero-order valence-corrected chi connectivity index (χ0v) is 8.14. The standard InChI is InChI=1S/C9H10F2N2O2/c1-2-15-8(14)7-6-5(12-13-7)3-4-9(6,10)11/h2-4H2,1H3,(H,12,13). The van der Waals surface area contributed by atoms with Crippen LogP contribution in [0.25, 0.3) is 0 Å². The van der Waals surface area contributed by atoms with E-state index in [-0.39, 0.29) is 30.7 Å². The molecule has 0 aromatic carbocycles. The molecule has 0 saturated carbocycles. The summed E-state index contributed by atoms with van der Waals surface area (Å²) < 4.78 is 31.4. The molecule has 4 nitrogen and oxygen atoms in total. The Labute approximate surface area is 84.6 Å². The number of hydrogen-bond acceptors (Lipinski definition) is 3. The van der Waals surface area contributed by atoms with Crippen LogP contribution >= 0.6 is 0 Å². The molecule has 0 amide bonds. The van der Waals surface area contributed by atoms with Crippen molar-refractivity contribution in [3.05, 3.63) is 17.0 Å². The highest BCUT2D eigenvalue weighted by molar-refractivity contribution is 5.89. The summed E-state index contributed by atoms with van der Waals surface area (Å²) in [5, 5.41) is 6.02. The van der Waals surface area contributed by atoms with Gasteiger partial charge >= 0.3 is 5.97 Å². The first-order valence-electron chi connectivity index (χ1n) is 4.69. The molecule has 1 N–H and O–H groups in total. The van der Waals surface area contributed by atoms with Crippen molar-refractivity contribution in [1.82, 2.24) is 10.2 Å². The van der Waals surface area contributed by atoms with Gasteiger partial charge in [-0.15, -0.1) is 0 Å². The van der Waals surface area contributed by atoms with Gasteiger partial charge in [0.05, 0.1) is 12.2 Å². The molecule has 1 aromatic rings. The van der Waals surface area contributed by atoms with Crippen LogP contribution in [0.2, 0.25) is 0 Å². The number of aromatic nitrogens is 2. The Morgan fingerprint density at radius 3 is 3.07 bits per heavy atom. The zero-order chi connectivity index (χ0) is 11.1. The van der Waals surface area contributed by atoms with Crippen molar-refractivity contribution in [2.75, 3.05) is 6.61 Å². The van der Waals surface area contributed by atoms with E-state index in [2.05, 4.69) is 14.9 Å². The fourth-order valence-corrected chi connectivity index (χ4v) is 1.71. The van der Waals surface area contributed by atoms with E-state index in [9.17, 15) is 13.6 Å². The summed E-state index contributed by atoms with van der Waals surface area (Å²) in [7, 11) is 0. The molecule has 82 valence electrons. The van der Waals surface area contributed by atoms with Crippen molar-refractivity contribution in [2.24, 2.45) is 0 Å². The van der Waals surface area contributed by atoms with Crippen LogP contribution in [0.4, 0.5) is 8.78 Å². The number of nitrogens with zero attached hydrogens (tertiary/aromatic N) is 1. The number of alkyl halides is 2. The molecule has 1 aliphatic rings. The Balaban J connectivity index is 2.39. The number of halogens is 2. The molecule has 1 heterocycles. The minimum absolute atomic E-state index is 0.145. The van der Waals surface area contributed by atoms with E-state index in [0.29, 0.717) is 5.69 Å². The van der Waals surface area contributed by atoms with E-state index >= 15 is 0 Å². The molecule has 0 radical (unpaired) electrons. The van der Waals surface area contributed by atoms with Gasteiger partial charge in [0.15, 0.2) is 5.69 Å². The third kappa shape index (κ3) is 1.49. The number of rotatable bonds is 2. The van der Waals surface area contributed by atoms with E-state index in [1.165, 1.54) is 0 Å². The molecule has 0 atom stereocenters. The predicted octanol–water partition coefficient (Wildman–Crippen LogP) is 1.62. The van der Waals surface area contributed by atoms with E-state index in [1.807, 2.05) is 0 Å². The van der Waals surface area contributed by atoms with Gasteiger partial charge in [0.25, 0.3) is 5.92 Å². The van der Waals surface area contributed by atoms with Crippen molar-refractivity contribution in [3.8, 4) is 0 Å². The quantitative estimate of drug-likeness (QED) is 0.764. The molecule has 15 heavy (non-hydrogen) atoms. The summed E-state index contributed by atoms with van der Waals surface area (Å²) in [6.45, 7) is 1.76. The summed E-state index contributed by atoms with van der Waals surface area (Å²) in [5.41, 5.74) is -0.238. The minimum atomic E-state index is -2.97. The molecule has 0 spiro atoms. The SMILES string of the molecule is CCOC(=O)c1n[nH]c2c1C(F)(F)CC2. The maximum Gasteiger partial charge on any atom is 0.359 e. The van der Waals surface area contributed by atoms with Gasteiger partial charge in [-0.3, -0.25) is 5.10 Å². The summed E-state index contributed by atoms with van der Waals surface area (Å²) >= 11 is 0. The van der Waals surface area contributed by atoms with Crippen molar-refractivity contribution in [3.63, 3.8) is 0 Å². The van der Waals surface area contributed by atoms with E-state index in [4.69, 9.17) is 0 Å². The van der Waals surface area contributed by atoms with Gasteiger partial charge in [-0.25, -0.2) is 13.6 Å². The van der Waals surface area contributed by atoms with Gasteiger partial charge in [-0.2, -0.15) is 5.10 Å². The summed E-state index contributed by atoms with van der Waals surface area (Å²) in [6, 6.07) is 0. The molecule has 2 rings (SSSR count). The van der Waals surface area contributed by atoms with E-state index < -0.39 is 11.9 Å². The van der Waals surface area contributed by atoms with Crippen molar-refractivity contribution < 1.29 is 18.3 Å². The lowest BCUT2D eigenvalue weighted by Crippen LogP contribution is -2.15. The summed E-state index contributed by atoms with van der Waals surface area (Å²) in [6.07, 6.45) is -0.0577. The number of carbonyl (C=O) groups excluding carboxylic acids is 1. The third-order valence-corrected chi connectivity index (χ3v) is 2.36. The second-order valence-electron chi connectivity index (χ2n) is 3.35. The number of nitrogens with one attached hydrogen (secondary N) is 1. The lowest BCUT2D eigenvalue weighted by Gasteiger charge is -2.09. The molecule has 0 saturated heterocycles. The van der Waals surface area contributed by atoms with Crippen LogP contribution < -0.4 is 0 Å². The minimum Gasteiger partial charge on any atom is -0.461 e. The van der Waals surface area contributed by atoms with Gasteiger partial charge in [0.1, 0.15) is 0 Å². The van der Waals surface area contributed by atoms with Gasteiger partial charge in [-0.05, 0) is 13.3 Å². The van der Waals surface area contributed by atoms with Gasteiger partial charge in [0.2, 0.25) is 0 Å². The van der Waals surface area contributed by atoms with Crippen molar-refractivity contribution in [1.29, 1.82) is 0 Å². The first kappa shape index (κ1) is 10.1. The molecule has 6 heteroatoms. The summed E-state index contributed by atoms with van der Waals surface area (Å²) in [5.74, 6) is -3.76. The Hall–Kier alpha value is -1.46. The van der Waals surface area contributed by atoms with E-state index in [1.54, 1.807) is 6.92 Å². The van der Waals surface area contributed by atoms with Crippen LogP contribution in [0.15, 0.2) is 0 Å². The lowest BCUT2D eigenvalue weighted by molar-refractivity contribution is -0.00404. The zero-order valence-electron chi connectivity index (χ0n) is 8.14. The monoisotopic (exact) mass is 216 g/mol. The van der Waals surface area contributed by atoms with Crippen LogP contribution in [0.5, 0.6) is 0 Å². The average molecular weight is 216 g/mol. The Kier molecular flexibility index (Phi) is 2.21. The topological polar surface area (TPSA) is 55.0 Å². The smallest absolute Gasteiger partial charge is 0.359 e. The molecule has 0 aliphatic heterocycles. The summed E-state index contributed by atoms with van der Waals surface area (Å²) in [4.78, 5) is 11.3. The molecule has 1 aromatic heterocycles. The highest BCUT2D eigenvalue weighted by Gasteiger charge is 2.45. The predicted molar refractivity (Wildman–Crippen MR) is 46.8 cm³/mol. The molecule has 0 unspecified atom stereocenters. The molecule has 1 aliphatic carbocycles. The van der Waals surface area contributed by atoms with Crippen LogP contribution in [0, 0.1) is 0 Å². The Bertz CT molecular complexity index is 401. The van der Waals surface area contributed by atoms with Crippen LogP contribution in [0.3, 0.4) is 0 Å². The van der Waals surface area contributed by atoms with E-state index in [0.717, 1.165) is 0 Å². The Morgan fingerprint density at radius 1 is 1.67 bits per heavy atom. The highest BCUT2D eigenvalue weighted by atomic mass is 19.3. The number of H-pyrrole nitrogens is 1. The number of fused-ring (bicyclic) bond motifs is 1. The van der Waals surface area contributed by atoms with Crippen molar-refractivity contribution >= 4 is 5.97 Å². The normalized spacial score (nSPS) is 17.5. The molecular weight excluding hydrogens is 206 g/mol. The van der Waals surface area contributed by atoms with Gasteiger partial charge < -0.3 is 4.74 Å². The number of aromatic amines is 1. The van der Waals surface area contributed by atoms with Crippen LogP contribution in [-0.2, 0) is 17.1 Å². The number of aryl methyl sites for hydroxylation is 1. The third-order valence-electron chi connectivity index (χ3n) is 2.36. The molecule has 0 fully saturated rings. The van der Waals surface area contributed by atoms with Crippen molar-refractivity contribution in [2.45, 2.75) is 25.7 Å². The maximum absolute atomic E-state index is 13.4. The number of ether oxygens (including phenoxy) is 1. The fourth-order valence-electron chi connectivity index (χ4n) is 1.71. The van der Waals surface area contributed by atoms with Gasteiger partial charge in [0, 0.05) is 12.1 Å². The second kappa shape index (κ2) is 3.29. The Morgan fingerprint density at radius 2 is 2.40 bits per heavy atom. The largest absolute Gasteiger partial charge is 0.461 e. The number of hydrogen-bond donors (Lipinski definition) is 1. The first-order valence-corrected chi connectivity index (χ1v) is 4.69. The maximum atomic E-state index is 13.4.